The smallest absolute Gasteiger partial charge is 0.357 e. The Bertz CT molecular complexity index is 301. The lowest BCUT2D eigenvalue weighted by Crippen LogP contribution is -2.30. The fourth-order valence-electron chi connectivity index (χ4n) is 0.546. The standard InChI is InChI=1S/C6H7N3O4/c1-13-6(12)4(9-8)3(2-7)5(10)11/h9H,8H2,1H3,(H,10,11)/b4-3-. The van der Waals surface area contributed by atoms with Crippen LogP contribution >= 0.6 is 0 Å². The molecule has 0 spiro atoms. The minimum atomic E-state index is -1.55. The fourth-order valence-corrected chi connectivity index (χ4v) is 0.546. The molecule has 4 N–H and O–H groups in total. The number of nitriles is 1. The maximum Gasteiger partial charge on any atom is 0.357 e. The Morgan fingerprint density at radius 1 is 1.62 bits per heavy atom. The van der Waals surface area contributed by atoms with Crippen molar-refractivity contribution in [3.8, 4) is 6.07 Å². The number of hydrogen-bond donors (Lipinski definition) is 3. The van der Waals surface area contributed by atoms with Gasteiger partial charge in [-0.3, -0.25) is 5.84 Å². The molecule has 7 heteroatoms. The van der Waals surface area contributed by atoms with Crippen LogP contribution in [0.4, 0.5) is 0 Å². The van der Waals surface area contributed by atoms with Crippen LogP contribution in [-0.4, -0.2) is 24.2 Å². The molecular weight excluding hydrogens is 178 g/mol. The molecule has 0 aromatic carbocycles. The van der Waals surface area contributed by atoms with Crippen molar-refractivity contribution in [2.75, 3.05) is 7.11 Å². The van der Waals surface area contributed by atoms with Crippen molar-refractivity contribution >= 4 is 11.9 Å². The first kappa shape index (κ1) is 10.9. The average molecular weight is 185 g/mol. The molecule has 0 unspecified atom stereocenters. The number of carboxylic acids is 1. The highest BCUT2D eigenvalue weighted by Gasteiger charge is 2.20. The van der Waals surface area contributed by atoms with E-state index in [1.807, 2.05) is 0 Å². The molecule has 0 saturated carbocycles. The van der Waals surface area contributed by atoms with E-state index in [2.05, 4.69) is 4.74 Å². The molecule has 0 amide bonds. The first-order chi connectivity index (χ1) is 6.08. The lowest BCUT2D eigenvalue weighted by molar-refractivity contribution is -0.138. The Morgan fingerprint density at radius 3 is 2.38 bits per heavy atom. The number of rotatable bonds is 3. The number of ether oxygens (including phenoxy) is 1. The maximum absolute atomic E-state index is 10.8. The van der Waals surface area contributed by atoms with Gasteiger partial charge < -0.3 is 15.3 Å². The highest BCUT2D eigenvalue weighted by Crippen LogP contribution is 2.01. The number of nitrogens with zero attached hydrogens (tertiary/aromatic N) is 1. The van der Waals surface area contributed by atoms with Gasteiger partial charge in [-0.2, -0.15) is 5.26 Å². The predicted octanol–water partition coefficient (Wildman–Crippen LogP) is -1.52. The normalized spacial score (nSPS) is 10.8. The number of methoxy groups -OCH3 is 1. The summed E-state index contributed by atoms with van der Waals surface area (Å²) in [6.45, 7) is 0. The number of aliphatic carboxylic acids is 1. The summed E-state index contributed by atoms with van der Waals surface area (Å²) in [6, 6.07) is 1.30. The molecule has 70 valence electrons. The summed E-state index contributed by atoms with van der Waals surface area (Å²) < 4.78 is 4.18. The number of carbonyl (C=O) groups excluding carboxylic acids is 1. The van der Waals surface area contributed by atoms with Crippen molar-refractivity contribution in [3.63, 3.8) is 0 Å². The van der Waals surface area contributed by atoms with Crippen LogP contribution in [-0.2, 0) is 14.3 Å². The topological polar surface area (TPSA) is 125 Å². The van der Waals surface area contributed by atoms with Crippen LogP contribution in [0.15, 0.2) is 11.3 Å². The molecule has 0 atom stereocenters. The summed E-state index contributed by atoms with van der Waals surface area (Å²) in [5, 5.41) is 16.8. The van der Waals surface area contributed by atoms with Gasteiger partial charge in [-0.15, -0.1) is 0 Å². The number of carbonyl (C=O) groups is 2. The molecule has 0 aliphatic carbocycles. The van der Waals surface area contributed by atoms with Crippen LogP contribution in [0, 0.1) is 11.3 Å². The fraction of sp³-hybridized carbons (Fsp3) is 0.167. The third kappa shape index (κ3) is 2.46. The van der Waals surface area contributed by atoms with E-state index in [1.54, 1.807) is 5.43 Å². The second-order valence-corrected chi connectivity index (χ2v) is 1.80. The van der Waals surface area contributed by atoms with E-state index >= 15 is 0 Å². The van der Waals surface area contributed by atoms with Gasteiger partial charge in [0.2, 0.25) is 0 Å². The number of hydrogen-bond acceptors (Lipinski definition) is 6. The van der Waals surface area contributed by atoms with E-state index in [4.69, 9.17) is 16.2 Å². The van der Waals surface area contributed by atoms with Crippen LogP contribution in [0.5, 0.6) is 0 Å². The van der Waals surface area contributed by atoms with Gasteiger partial charge in [0.25, 0.3) is 0 Å². The quantitative estimate of drug-likeness (QED) is 0.160. The summed E-state index contributed by atoms with van der Waals surface area (Å²) >= 11 is 0. The summed E-state index contributed by atoms with van der Waals surface area (Å²) in [7, 11) is 1.04. The van der Waals surface area contributed by atoms with Gasteiger partial charge in [-0.25, -0.2) is 9.59 Å². The van der Waals surface area contributed by atoms with Crippen molar-refractivity contribution < 1.29 is 19.4 Å². The van der Waals surface area contributed by atoms with Crippen LogP contribution in [0.3, 0.4) is 0 Å². The third-order valence-corrected chi connectivity index (χ3v) is 1.11. The van der Waals surface area contributed by atoms with Crippen molar-refractivity contribution in [3.05, 3.63) is 11.3 Å². The number of hydrazine groups is 1. The highest BCUT2D eigenvalue weighted by atomic mass is 16.5. The Morgan fingerprint density at radius 2 is 2.15 bits per heavy atom. The Kier molecular flexibility index (Phi) is 3.98. The zero-order valence-electron chi connectivity index (χ0n) is 6.70. The number of carboxylic acid groups (broad SMARTS) is 1. The van der Waals surface area contributed by atoms with E-state index in [-0.39, 0.29) is 0 Å². The van der Waals surface area contributed by atoms with Gasteiger partial charge in [0, 0.05) is 0 Å². The molecule has 0 aromatic rings. The Labute approximate surface area is 73.4 Å². The Hall–Kier alpha value is -2.07. The molecule has 0 fully saturated rings. The van der Waals surface area contributed by atoms with Gasteiger partial charge in [0.05, 0.1) is 7.11 Å². The van der Waals surface area contributed by atoms with Crippen LogP contribution in [0.2, 0.25) is 0 Å². The monoisotopic (exact) mass is 185 g/mol. The molecule has 0 aromatic heterocycles. The molecule has 0 radical (unpaired) electrons. The van der Waals surface area contributed by atoms with Crippen LogP contribution in [0.1, 0.15) is 0 Å². The minimum Gasteiger partial charge on any atom is -0.477 e. The number of nitrogens with one attached hydrogen (secondary N) is 1. The largest absolute Gasteiger partial charge is 0.477 e. The molecule has 0 aliphatic rings. The van der Waals surface area contributed by atoms with Gasteiger partial charge >= 0.3 is 11.9 Å². The highest BCUT2D eigenvalue weighted by molar-refractivity contribution is 6.01. The van der Waals surface area contributed by atoms with Crippen LogP contribution < -0.4 is 11.3 Å². The molecule has 0 bridgehead atoms. The first-order valence-corrected chi connectivity index (χ1v) is 3.01. The summed E-state index contributed by atoms with van der Waals surface area (Å²) in [5.74, 6) is 2.27. The summed E-state index contributed by atoms with van der Waals surface area (Å²) in [4.78, 5) is 21.2. The van der Waals surface area contributed by atoms with E-state index in [9.17, 15) is 9.59 Å². The van der Waals surface area contributed by atoms with Gasteiger partial charge in [-0.05, 0) is 0 Å². The van der Waals surface area contributed by atoms with Gasteiger partial charge in [-0.1, -0.05) is 0 Å². The Balaban J connectivity index is 5.21. The maximum atomic E-state index is 10.8. The molecule has 7 nitrogen and oxygen atoms in total. The zero-order chi connectivity index (χ0) is 10.4. The lowest BCUT2D eigenvalue weighted by atomic mass is 10.2. The van der Waals surface area contributed by atoms with Crippen molar-refractivity contribution in [2.24, 2.45) is 5.84 Å². The predicted molar refractivity (Wildman–Crippen MR) is 39.6 cm³/mol. The van der Waals surface area contributed by atoms with E-state index in [0.717, 1.165) is 7.11 Å². The van der Waals surface area contributed by atoms with Gasteiger partial charge in [0.15, 0.2) is 11.3 Å². The third-order valence-electron chi connectivity index (χ3n) is 1.11. The zero-order valence-corrected chi connectivity index (χ0v) is 6.70. The molecule has 0 rings (SSSR count). The minimum absolute atomic E-state index is 0.586. The van der Waals surface area contributed by atoms with Crippen LogP contribution in [0.25, 0.3) is 0 Å². The van der Waals surface area contributed by atoms with E-state index < -0.39 is 23.2 Å². The summed E-state index contributed by atoms with van der Waals surface area (Å²) in [5.41, 5.74) is 0.404. The summed E-state index contributed by atoms with van der Waals surface area (Å²) in [6.07, 6.45) is 0. The van der Waals surface area contributed by atoms with Gasteiger partial charge in [0.1, 0.15) is 6.07 Å². The second kappa shape index (κ2) is 4.74. The molecule has 0 heterocycles. The molecule has 0 saturated heterocycles. The first-order valence-electron chi connectivity index (χ1n) is 3.01. The average Bonchev–Trinajstić information content (AvgIpc) is 2.12. The molecular formula is C6H7N3O4. The van der Waals surface area contributed by atoms with Crippen molar-refractivity contribution in [1.82, 2.24) is 5.43 Å². The second-order valence-electron chi connectivity index (χ2n) is 1.80. The lowest BCUT2D eigenvalue weighted by Gasteiger charge is -2.03. The van der Waals surface area contributed by atoms with Crippen molar-refractivity contribution in [1.29, 1.82) is 5.26 Å². The molecule has 13 heavy (non-hydrogen) atoms. The van der Waals surface area contributed by atoms with E-state index in [1.165, 1.54) is 6.07 Å². The SMILES string of the molecule is COC(=O)/C(NN)=C(\C#N)C(=O)O. The number of esters is 1. The molecule has 0 aliphatic heterocycles. The van der Waals surface area contributed by atoms with E-state index in [0.29, 0.717) is 0 Å². The number of nitrogens with two attached hydrogens (primary N) is 1. The van der Waals surface area contributed by atoms with Crippen molar-refractivity contribution in [2.45, 2.75) is 0 Å².